The Hall–Kier alpha value is -2.87. The van der Waals surface area contributed by atoms with Crippen molar-refractivity contribution in [2.24, 2.45) is 0 Å². The topological polar surface area (TPSA) is 26.3 Å². The molecular weight excluding hydrogens is 272 g/mol. The summed E-state index contributed by atoms with van der Waals surface area (Å²) in [6.07, 6.45) is 0.398. The Labute approximate surface area is 130 Å². The average Bonchev–Trinajstić information content (AvgIpc) is 2.58. The van der Waals surface area contributed by atoms with Crippen LogP contribution in [0.15, 0.2) is 84.9 Å². The van der Waals surface area contributed by atoms with Crippen LogP contribution < -0.4 is 4.74 Å². The molecule has 0 amide bonds. The van der Waals surface area contributed by atoms with Crippen molar-refractivity contribution >= 4 is 5.78 Å². The smallest absolute Gasteiger partial charge is 0.167 e. The third kappa shape index (κ3) is 3.61. The number of hydrogen-bond acceptors (Lipinski definition) is 2. The first-order valence-corrected chi connectivity index (χ1v) is 7.21. The van der Waals surface area contributed by atoms with E-state index in [4.69, 9.17) is 4.74 Å². The first-order chi connectivity index (χ1) is 10.8. The summed E-state index contributed by atoms with van der Waals surface area (Å²) in [7, 11) is 0. The van der Waals surface area contributed by atoms with Gasteiger partial charge >= 0.3 is 0 Å². The quantitative estimate of drug-likeness (QED) is 0.624. The van der Waals surface area contributed by atoms with E-state index in [1.54, 1.807) is 0 Å². The van der Waals surface area contributed by atoms with Crippen molar-refractivity contribution in [3.05, 3.63) is 96.1 Å². The summed E-state index contributed by atoms with van der Waals surface area (Å²) in [5, 5.41) is 0. The molecule has 0 heterocycles. The molecule has 0 saturated carbocycles. The second kappa shape index (κ2) is 6.72. The number of Topliss-reactive ketones (excluding diaryl/α,β-unsaturated/α-hetero) is 1. The van der Waals surface area contributed by atoms with E-state index in [9.17, 15) is 4.79 Å². The van der Waals surface area contributed by atoms with Gasteiger partial charge in [-0.3, -0.25) is 4.79 Å². The highest BCUT2D eigenvalue weighted by molar-refractivity contribution is 5.97. The van der Waals surface area contributed by atoms with Crippen LogP contribution in [0, 0.1) is 0 Å². The lowest BCUT2D eigenvalue weighted by atomic mass is 10.0. The number of para-hydroxylation sites is 1. The molecule has 2 heteroatoms. The fourth-order valence-electron chi connectivity index (χ4n) is 2.21. The molecule has 3 aromatic carbocycles. The Kier molecular flexibility index (Phi) is 4.30. The predicted octanol–water partition coefficient (Wildman–Crippen LogP) is 4.90. The summed E-state index contributed by atoms with van der Waals surface area (Å²) in [4.78, 5) is 12.2. The second-order valence-electron chi connectivity index (χ2n) is 5.03. The summed E-state index contributed by atoms with van der Waals surface area (Å²) in [6.45, 7) is 0. The van der Waals surface area contributed by atoms with Crippen LogP contribution in [0.1, 0.15) is 15.9 Å². The van der Waals surface area contributed by atoms with E-state index in [1.807, 2.05) is 84.9 Å². The minimum Gasteiger partial charge on any atom is -0.457 e. The molecule has 0 aliphatic rings. The van der Waals surface area contributed by atoms with Gasteiger partial charge in [-0.2, -0.15) is 0 Å². The number of carbonyl (C=O) groups excluding carboxylic acids is 1. The van der Waals surface area contributed by atoms with Gasteiger partial charge in [0, 0.05) is 12.0 Å². The molecule has 0 bridgehead atoms. The monoisotopic (exact) mass is 288 g/mol. The Morgan fingerprint density at radius 1 is 0.682 bits per heavy atom. The standard InChI is InChI=1S/C20H16O2/c21-20(17-7-3-1-4-8-17)15-16-11-13-19(14-12-16)22-18-9-5-2-6-10-18/h1-14H,15H2. The second-order valence-corrected chi connectivity index (χ2v) is 5.03. The van der Waals surface area contributed by atoms with E-state index >= 15 is 0 Å². The summed E-state index contributed by atoms with van der Waals surface area (Å²) in [5.41, 5.74) is 1.72. The van der Waals surface area contributed by atoms with Gasteiger partial charge in [0.15, 0.2) is 5.78 Å². The van der Waals surface area contributed by atoms with E-state index < -0.39 is 0 Å². The highest BCUT2D eigenvalue weighted by Crippen LogP contribution is 2.21. The maximum absolute atomic E-state index is 12.2. The maximum Gasteiger partial charge on any atom is 0.167 e. The van der Waals surface area contributed by atoms with Crippen LogP contribution in [0.2, 0.25) is 0 Å². The highest BCUT2D eigenvalue weighted by Gasteiger charge is 2.06. The number of ether oxygens (including phenoxy) is 1. The molecule has 3 aromatic rings. The minimum absolute atomic E-state index is 0.123. The molecular formula is C20H16O2. The molecule has 0 saturated heterocycles. The molecule has 0 aliphatic heterocycles. The molecule has 0 radical (unpaired) electrons. The number of benzene rings is 3. The summed E-state index contributed by atoms with van der Waals surface area (Å²) >= 11 is 0. The van der Waals surface area contributed by atoms with Gasteiger partial charge in [-0.05, 0) is 29.8 Å². The van der Waals surface area contributed by atoms with E-state index in [1.165, 1.54) is 0 Å². The Balaban J connectivity index is 1.66. The van der Waals surface area contributed by atoms with Gasteiger partial charge in [0.05, 0.1) is 0 Å². The molecule has 0 spiro atoms. The van der Waals surface area contributed by atoms with Crippen molar-refractivity contribution < 1.29 is 9.53 Å². The van der Waals surface area contributed by atoms with Crippen LogP contribution in [0.25, 0.3) is 0 Å². The summed E-state index contributed by atoms with van der Waals surface area (Å²) in [5.74, 6) is 1.69. The average molecular weight is 288 g/mol. The van der Waals surface area contributed by atoms with Crippen LogP contribution in [0.5, 0.6) is 11.5 Å². The summed E-state index contributed by atoms with van der Waals surface area (Å²) < 4.78 is 5.74. The zero-order chi connectivity index (χ0) is 15.2. The molecule has 0 unspecified atom stereocenters. The van der Waals surface area contributed by atoms with E-state index in [-0.39, 0.29) is 5.78 Å². The van der Waals surface area contributed by atoms with Gasteiger partial charge in [0.25, 0.3) is 0 Å². The molecule has 0 fully saturated rings. The van der Waals surface area contributed by atoms with Gasteiger partial charge < -0.3 is 4.74 Å². The summed E-state index contributed by atoms with van der Waals surface area (Å²) in [6, 6.07) is 26.6. The zero-order valence-electron chi connectivity index (χ0n) is 12.1. The van der Waals surface area contributed by atoms with Crippen molar-refractivity contribution in [2.45, 2.75) is 6.42 Å². The van der Waals surface area contributed by atoms with Crippen molar-refractivity contribution in [1.82, 2.24) is 0 Å². The van der Waals surface area contributed by atoms with E-state index in [0.717, 1.165) is 22.6 Å². The molecule has 0 aromatic heterocycles. The van der Waals surface area contributed by atoms with E-state index in [0.29, 0.717) is 6.42 Å². The van der Waals surface area contributed by atoms with Crippen LogP contribution in [0.3, 0.4) is 0 Å². The molecule has 0 atom stereocenters. The van der Waals surface area contributed by atoms with Gasteiger partial charge in [0.1, 0.15) is 11.5 Å². The highest BCUT2D eigenvalue weighted by atomic mass is 16.5. The fraction of sp³-hybridized carbons (Fsp3) is 0.0500. The number of rotatable bonds is 5. The first-order valence-electron chi connectivity index (χ1n) is 7.21. The van der Waals surface area contributed by atoms with Crippen LogP contribution in [-0.2, 0) is 6.42 Å². The minimum atomic E-state index is 0.123. The van der Waals surface area contributed by atoms with Crippen LogP contribution in [0.4, 0.5) is 0 Å². The predicted molar refractivity (Wildman–Crippen MR) is 87.4 cm³/mol. The number of carbonyl (C=O) groups is 1. The number of ketones is 1. The Bertz CT molecular complexity index is 732. The molecule has 2 nitrogen and oxygen atoms in total. The van der Waals surface area contributed by atoms with Crippen LogP contribution >= 0.6 is 0 Å². The van der Waals surface area contributed by atoms with Gasteiger partial charge in [-0.1, -0.05) is 60.7 Å². The molecule has 0 N–H and O–H groups in total. The van der Waals surface area contributed by atoms with Crippen molar-refractivity contribution in [3.8, 4) is 11.5 Å². The molecule has 3 rings (SSSR count). The van der Waals surface area contributed by atoms with Gasteiger partial charge in [-0.15, -0.1) is 0 Å². The van der Waals surface area contributed by atoms with Gasteiger partial charge in [0.2, 0.25) is 0 Å². The largest absolute Gasteiger partial charge is 0.457 e. The molecule has 108 valence electrons. The van der Waals surface area contributed by atoms with Gasteiger partial charge in [-0.25, -0.2) is 0 Å². The van der Waals surface area contributed by atoms with E-state index in [2.05, 4.69) is 0 Å². The SMILES string of the molecule is O=C(Cc1ccc(Oc2ccccc2)cc1)c1ccccc1. The van der Waals surface area contributed by atoms with Crippen molar-refractivity contribution in [2.75, 3.05) is 0 Å². The lowest BCUT2D eigenvalue weighted by Crippen LogP contribution is -2.02. The molecule has 0 aliphatic carbocycles. The third-order valence-electron chi connectivity index (χ3n) is 3.36. The lowest BCUT2D eigenvalue weighted by molar-refractivity contribution is 0.0993. The maximum atomic E-state index is 12.2. The van der Waals surface area contributed by atoms with Crippen molar-refractivity contribution in [1.29, 1.82) is 0 Å². The third-order valence-corrected chi connectivity index (χ3v) is 3.36. The Morgan fingerprint density at radius 3 is 1.86 bits per heavy atom. The normalized spacial score (nSPS) is 10.2. The zero-order valence-corrected chi connectivity index (χ0v) is 12.1. The first kappa shape index (κ1) is 14.1. The van der Waals surface area contributed by atoms with Crippen molar-refractivity contribution in [3.63, 3.8) is 0 Å². The van der Waals surface area contributed by atoms with Crippen LogP contribution in [-0.4, -0.2) is 5.78 Å². The fourth-order valence-corrected chi connectivity index (χ4v) is 2.21. The Morgan fingerprint density at radius 2 is 1.23 bits per heavy atom. The lowest BCUT2D eigenvalue weighted by Gasteiger charge is -2.06. The molecule has 22 heavy (non-hydrogen) atoms. The number of hydrogen-bond donors (Lipinski definition) is 0.